The summed E-state index contributed by atoms with van der Waals surface area (Å²) in [6.07, 6.45) is 4.51. The highest BCUT2D eigenvalue weighted by Crippen LogP contribution is 2.22. The van der Waals surface area contributed by atoms with E-state index < -0.39 is 5.79 Å². The van der Waals surface area contributed by atoms with Crippen molar-refractivity contribution in [2.45, 2.75) is 39.4 Å². The van der Waals surface area contributed by atoms with E-state index in [9.17, 15) is 0 Å². The van der Waals surface area contributed by atoms with Crippen LogP contribution in [0.25, 0.3) is 0 Å². The molecule has 0 spiro atoms. The molecule has 78 valence electrons. The maximum absolute atomic E-state index is 8.62. The fourth-order valence-electron chi connectivity index (χ4n) is 1.11. The third-order valence-corrected chi connectivity index (χ3v) is 1.64. The van der Waals surface area contributed by atoms with Gasteiger partial charge in [0.1, 0.15) is 0 Å². The molecule has 0 heterocycles. The Morgan fingerprint density at radius 2 is 1.92 bits per heavy atom. The van der Waals surface area contributed by atoms with Crippen molar-refractivity contribution in [2.24, 2.45) is 5.92 Å². The summed E-state index contributed by atoms with van der Waals surface area (Å²) in [4.78, 5) is 0. The number of allylic oxidation sites excluding steroid dienone is 1. The van der Waals surface area contributed by atoms with Gasteiger partial charge in [-0.3, -0.25) is 0 Å². The van der Waals surface area contributed by atoms with E-state index >= 15 is 0 Å². The first-order valence-corrected chi connectivity index (χ1v) is 4.58. The number of rotatable bonds is 1. The summed E-state index contributed by atoms with van der Waals surface area (Å²) >= 11 is 0. The Morgan fingerprint density at radius 1 is 1.46 bits per heavy atom. The lowest BCUT2D eigenvalue weighted by Gasteiger charge is -2.03. The second kappa shape index (κ2) is 5.37. The van der Waals surface area contributed by atoms with E-state index in [4.69, 9.17) is 15.3 Å². The van der Waals surface area contributed by atoms with E-state index in [0.717, 1.165) is 6.42 Å². The van der Waals surface area contributed by atoms with Crippen LogP contribution in [0, 0.1) is 5.92 Å². The van der Waals surface area contributed by atoms with Crippen LogP contribution in [0.2, 0.25) is 0 Å². The summed E-state index contributed by atoms with van der Waals surface area (Å²) in [5.41, 5.74) is 1.22. The van der Waals surface area contributed by atoms with Crippen LogP contribution in [0.5, 0.6) is 0 Å². The lowest BCUT2D eigenvalue weighted by atomic mass is 10.2. The number of aliphatic hydroxyl groups excluding tert-OH is 1. The smallest absolute Gasteiger partial charge is 0.156 e. The van der Waals surface area contributed by atoms with Crippen LogP contribution in [-0.2, 0) is 0 Å². The molecule has 1 unspecified atom stereocenters. The molecule has 0 bridgehead atoms. The van der Waals surface area contributed by atoms with Crippen LogP contribution >= 0.6 is 0 Å². The maximum atomic E-state index is 8.62. The highest BCUT2D eigenvalue weighted by atomic mass is 16.5. The number of aliphatic hydroxyl groups is 3. The molecule has 1 atom stereocenters. The average Bonchev–Trinajstić information content (AvgIpc) is 2.31. The molecule has 3 nitrogen and oxygen atoms in total. The molecule has 1 aliphatic carbocycles. The van der Waals surface area contributed by atoms with Gasteiger partial charge in [-0.25, -0.2) is 0 Å². The largest absolute Gasteiger partial charge is 0.392 e. The number of hydrogen-bond acceptors (Lipinski definition) is 3. The fraction of sp³-hybridized carbons (Fsp3) is 0.800. The summed E-state index contributed by atoms with van der Waals surface area (Å²) < 4.78 is 0. The van der Waals surface area contributed by atoms with Gasteiger partial charge in [-0.15, -0.1) is 0 Å². The third-order valence-electron chi connectivity index (χ3n) is 1.64. The Bertz CT molecular complexity index is 161. The SMILES string of the molecule is CC(C)(O)O.CC1C=C(CO)CC1. The second-order valence-corrected chi connectivity index (χ2v) is 3.99. The monoisotopic (exact) mass is 188 g/mol. The zero-order valence-corrected chi connectivity index (χ0v) is 8.62. The van der Waals surface area contributed by atoms with Crippen molar-refractivity contribution in [3.05, 3.63) is 11.6 Å². The molecule has 0 saturated heterocycles. The summed E-state index contributed by atoms with van der Waals surface area (Å²) in [7, 11) is 0. The standard InChI is InChI=1S/C7H12O.C3H8O2/c1-6-2-3-7(4-6)5-8;1-3(2,4)5/h4,6,8H,2-3,5H2,1H3;4-5H,1-2H3. The number of hydrogen-bond donors (Lipinski definition) is 3. The minimum atomic E-state index is -1.50. The first-order valence-electron chi connectivity index (χ1n) is 4.58. The van der Waals surface area contributed by atoms with Crippen molar-refractivity contribution in [2.75, 3.05) is 6.61 Å². The first kappa shape index (κ1) is 12.6. The highest BCUT2D eigenvalue weighted by molar-refractivity contribution is 5.09. The summed E-state index contributed by atoms with van der Waals surface area (Å²) in [6, 6.07) is 0. The zero-order chi connectivity index (χ0) is 10.5. The normalized spacial score (nSPS) is 22.0. The maximum Gasteiger partial charge on any atom is 0.156 e. The van der Waals surface area contributed by atoms with Crippen LogP contribution in [0.15, 0.2) is 11.6 Å². The summed E-state index contributed by atoms with van der Waals surface area (Å²) in [5, 5.41) is 24.8. The molecule has 1 aliphatic rings. The molecule has 0 aliphatic heterocycles. The van der Waals surface area contributed by atoms with Crippen molar-refractivity contribution in [1.82, 2.24) is 0 Å². The molecule has 0 saturated carbocycles. The minimum absolute atomic E-state index is 0.268. The van der Waals surface area contributed by atoms with E-state index in [-0.39, 0.29) is 6.61 Å². The van der Waals surface area contributed by atoms with Gasteiger partial charge in [0.15, 0.2) is 5.79 Å². The molecule has 0 aromatic rings. The molecule has 0 fully saturated rings. The molecule has 3 heteroatoms. The van der Waals surface area contributed by atoms with Crippen molar-refractivity contribution < 1.29 is 15.3 Å². The molecule has 0 radical (unpaired) electrons. The average molecular weight is 188 g/mol. The lowest BCUT2D eigenvalue weighted by Crippen LogP contribution is -2.15. The highest BCUT2D eigenvalue weighted by Gasteiger charge is 2.08. The quantitative estimate of drug-likeness (QED) is 0.425. The zero-order valence-electron chi connectivity index (χ0n) is 8.62. The molecule has 13 heavy (non-hydrogen) atoms. The van der Waals surface area contributed by atoms with E-state index in [1.54, 1.807) is 0 Å². The topological polar surface area (TPSA) is 60.7 Å². The van der Waals surface area contributed by atoms with Crippen LogP contribution in [0.4, 0.5) is 0 Å². The Labute approximate surface area is 79.7 Å². The van der Waals surface area contributed by atoms with Crippen molar-refractivity contribution in [1.29, 1.82) is 0 Å². The van der Waals surface area contributed by atoms with Gasteiger partial charge in [0, 0.05) is 0 Å². The first-order chi connectivity index (χ1) is 5.83. The van der Waals surface area contributed by atoms with Crippen LogP contribution in [-0.4, -0.2) is 27.7 Å². The van der Waals surface area contributed by atoms with E-state index in [0.29, 0.717) is 5.92 Å². The van der Waals surface area contributed by atoms with Gasteiger partial charge in [-0.1, -0.05) is 13.0 Å². The van der Waals surface area contributed by atoms with E-state index in [2.05, 4.69) is 13.0 Å². The van der Waals surface area contributed by atoms with Crippen LogP contribution in [0.3, 0.4) is 0 Å². The lowest BCUT2D eigenvalue weighted by molar-refractivity contribution is -0.127. The molecule has 3 N–H and O–H groups in total. The predicted molar refractivity (Wildman–Crippen MR) is 52.1 cm³/mol. The molecular weight excluding hydrogens is 168 g/mol. The van der Waals surface area contributed by atoms with Gasteiger partial charge in [0.05, 0.1) is 6.61 Å². The Morgan fingerprint density at radius 3 is 2.08 bits per heavy atom. The van der Waals surface area contributed by atoms with Crippen molar-refractivity contribution in [3.8, 4) is 0 Å². The van der Waals surface area contributed by atoms with Gasteiger partial charge >= 0.3 is 0 Å². The summed E-state index contributed by atoms with van der Waals surface area (Å²) in [6.45, 7) is 5.05. The van der Waals surface area contributed by atoms with Gasteiger partial charge in [0.25, 0.3) is 0 Å². The molecule has 1 rings (SSSR count). The van der Waals surface area contributed by atoms with Gasteiger partial charge in [-0.2, -0.15) is 0 Å². The Hall–Kier alpha value is -0.380. The van der Waals surface area contributed by atoms with Gasteiger partial charge < -0.3 is 15.3 Å². The van der Waals surface area contributed by atoms with Crippen LogP contribution < -0.4 is 0 Å². The van der Waals surface area contributed by atoms with E-state index in [1.165, 1.54) is 25.8 Å². The fourth-order valence-corrected chi connectivity index (χ4v) is 1.11. The molecule has 0 aromatic heterocycles. The Balaban J connectivity index is 0.000000252. The minimum Gasteiger partial charge on any atom is -0.392 e. The van der Waals surface area contributed by atoms with E-state index in [1.807, 2.05) is 0 Å². The third kappa shape index (κ3) is 9.53. The van der Waals surface area contributed by atoms with Gasteiger partial charge in [-0.05, 0) is 38.2 Å². The predicted octanol–water partition coefficient (Wildman–Crippen LogP) is 1.04. The molecular formula is C10H20O3. The molecule has 0 aromatic carbocycles. The van der Waals surface area contributed by atoms with Crippen molar-refractivity contribution >= 4 is 0 Å². The van der Waals surface area contributed by atoms with Crippen LogP contribution in [0.1, 0.15) is 33.6 Å². The van der Waals surface area contributed by atoms with Crippen molar-refractivity contribution in [3.63, 3.8) is 0 Å². The van der Waals surface area contributed by atoms with Gasteiger partial charge in [0.2, 0.25) is 0 Å². The Kier molecular flexibility index (Phi) is 5.21. The molecule has 0 amide bonds. The summed E-state index contributed by atoms with van der Waals surface area (Å²) in [5.74, 6) is -0.794. The second-order valence-electron chi connectivity index (χ2n) is 3.99.